The molecule has 0 N–H and O–H groups in total. The topological polar surface area (TPSA) is 0 Å². The van der Waals surface area contributed by atoms with Crippen molar-refractivity contribution >= 4 is 0 Å². The summed E-state index contributed by atoms with van der Waals surface area (Å²) in [6, 6.07) is 4.06. The van der Waals surface area contributed by atoms with Gasteiger partial charge in [0.15, 0.2) is 0 Å². The zero-order chi connectivity index (χ0) is 12.3. The molecule has 0 nitrogen and oxygen atoms in total. The van der Waals surface area contributed by atoms with Crippen LogP contribution in [-0.2, 0) is 12.6 Å². The van der Waals surface area contributed by atoms with Crippen LogP contribution < -0.4 is 0 Å². The third-order valence-electron chi connectivity index (χ3n) is 2.46. The fourth-order valence-electron chi connectivity index (χ4n) is 1.44. The number of hydrogen-bond acceptors (Lipinski definition) is 0. The Labute approximate surface area is 93.8 Å². The molecule has 1 rings (SSSR count). The first kappa shape index (κ1) is 12.8. The molecule has 0 aliphatic heterocycles. The van der Waals surface area contributed by atoms with Crippen molar-refractivity contribution in [1.82, 2.24) is 0 Å². The van der Waals surface area contributed by atoms with E-state index in [1.807, 2.05) is 6.92 Å². The highest BCUT2D eigenvalue weighted by Gasteiger charge is 2.31. The van der Waals surface area contributed by atoms with E-state index >= 15 is 0 Å². The maximum atomic E-state index is 12.6. The van der Waals surface area contributed by atoms with Crippen molar-refractivity contribution in [3.05, 3.63) is 54.5 Å². The first-order valence-electron chi connectivity index (χ1n) is 5.05. The summed E-state index contributed by atoms with van der Waals surface area (Å²) in [7, 11) is 0. The largest absolute Gasteiger partial charge is 0.416 e. The van der Waals surface area contributed by atoms with Gasteiger partial charge in [0.25, 0.3) is 0 Å². The van der Waals surface area contributed by atoms with E-state index in [0.29, 0.717) is 17.5 Å². The minimum absolute atomic E-state index is 0.312. The Bertz CT molecular complexity index is 377. The third kappa shape index (κ3) is 2.87. The van der Waals surface area contributed by atoms with Crippen LogP contribution in [0, 0.1) is 6.92 Å². The molecule has 0 saturated carbocycles. The van der Waals surface area contributed by atoms with Crippen LogP contribution in [0.2, 0.25) is 0 Å². The summed E-state index contributed by atoms with van der Waals surface area (Å²) in [6.07, 6.45) is -2.20. The molecular weight excluding hydrogens is 213 g/mol. The fraction of sp³-hybridized carbons (Fsp3) is 0.308. The molecule has 0 heterocycles. The molecule has 1 radical (unpaired) electrons. The number of rotatable bonds is 3. The zero-order valence-electron chi connectivity index (χ0n) is 9.14. The summed E-state index contributed by atoms with van der Waals surface area (Å²) < 4.78 is 37.8. The second-order valence-corrected chi connectivity index (χ2v) is 3.66. The van der Waals surface area contributed by atoms with Crippen molar-refractivity contribution < 1.29 is 13.2 Å². The van der Waals surface area contributed by atoms with E-state index in [2.05, 4.69) is 13.5 Å². The Morgan fingerprint density at radius 2 is 1.94 bits per heavy atom. The summed E-state index contributed by atoms with van der Waals surface area (Å²) in [4.78, 5) is 0. The first-order chi connectivity index (χ1) is 7.38. The SMILES string of the molecule is [CH2]C(C=C)c1cc(CC)cc(C(F)(F)F)c1. The van der Waals surface area contributed by atoms with Gasteiger partial charge in [-0.05, 0) is 36.6 Å². The second-order valence-electron chi connectivity index (χ2n) is 3.66. The van der Waals surface area contributed by atoms with Crippen molar-refractivity contribution in [1.29, 1.82) is 0 Å². The molecule has 87 valence electrons. The first-order valence-corrected chi connectivity index (χ1v) is 5.05. The van der Waals surface area contributed by atoms with Gasteiger partial charge >= 0.3 is 6.18 Å². The maximum absolute atomic E-state index is 12.6. The highest BCUT2D eigenvalue weighted by atomic mass is 19.4. The number of halogens is 3. The molecule has 1 aromatic carbocycles. The number of alkyl halides is 3. The minimum Gasteiger partial charge on any atom is -0.166 e. The van der Waals surface area contributed by atoms with Crippen LogP contribution in [0.3, 0.4) is 0 Å². The molecule has 3 heteroatoms. The van der Waals surface area contributed by atoms with Crippen LogP contribution in [0.5, 0.6) is 0 Å². The van der Waals surface area contributed by atoms with Gasteiger partial charge in [0.2, 0.25) is 0 Å². The predicted octanol–water partition coefficient (Wildman–Crippen LogP) is 4.37. The minimum atomic E-state index is -4.30. The quantitative estimate of drug-likeness (QED) is 0.672. The Morgan fingerprint density at radius 1 is 1.31 bits per heavy atom. The molecule has 1 atom stereocenters. The molecule has 0 fully saturated rings. The van der Waals surface area contributed by atoms with Crippen molar-refractivity contribution in [2.75, 3.05) is 0 Å². The fourth-order valence-corrected chi connectivity index (χ4v) is 1.44. The molecule has 1 unspecified atom stereocenters. The Kier molecular flexibility index (Phi) is 3.79. The highest BCUT2D eigenvalue weighted by molar-refractivity contribution is 5.36. The van der Waals surface area contributed by atoms with Crippen molar-refractivity contribution in [2.24, 2.45) is 0 Å². The molecule has 0 aromatic heterocycles. The van der Waals surface area contributed by atoms with Gasteiger partial charge in [-0.3, -0.25) is 0 Å². The van der Waals surface area contributed by atoms with Crippen LogP contribution in [-0.4, -0.2) is 0 Å². The molecule has 0 aliphatic rings. The van der Waals surface area contributed by atoms with E-state index in [0.717, 1.165) is 6.07 Å². The van der Waals surface area contributed by atoms with Gasteiger partial charge in [0.1, 0.15) is 0 Å². The average Bonchev–Trinajstić information content (AvgIpc) is 2.26. The summed E-state index contributed by atoms with van der Waals surface area (Å²) in [5, 5.41) is 0. The highest BCUT2D eigenvalue weighted by Crippen LogP contribution is 2.32. The number of aryl methyl sites for hydroxylation is 1. The number of benzene rings is 1. The van der Waals surface area contributed by atoms with Gasteiger partial charge in [0, 0.05) is 5.92 Å². The molecular formula is C13H14F3. The van der Waals surface area contributed by atoms with Crippen molar-refractivity contribution in [3.8, 4) is 0 Å². The molecule has 0 saturated heterocycles. The molecule has 0 amide bonds. The maximum Gasteiger partial charge on any atom is 0.416 e. The van der Waals surface area contributed by atoms with Crippen molar-refractivity contribution in [3.63, 3.8) is 0 Å². The van der Waals surface area contributed by atoms with Gasteiger partial charge in [0.05, 0.1) is 5.56 Å². The van der Waals surface area contributed by atoms with Crippen LogP contribution in [0.15, 0.2) is 30.9 Å². The van der Waals surface area contributed by atoms with E-state index in [9.17, 15) is 13.2 Å². The summed E-state index contributed by atoms with van der Waals surface area (Å²) in [6.45, 7) is 9.11. The Balaban J connectivity index is 3.26. The molecule has 0 spiro atoms. The molecule has 16 heavy (non-hydrogen) atoms. The van der Waals surface area contributed by atoms with Gasteiger partial charge < -0.3 is 0 Å². The van der Waals surface area contributed by atoms with E-state index in [1.165, 1.54) is 12.1 Å². The van der Waals surface area contributed by atoms with Gasteiger partial charge in [-0.1, -0.05) is 19.1 Å². The number of allylic oxidation sites excluding steroid dienone is 1. The molecule has 1 aromatic rings. The third-order valence-corrected chi connectivity index (χ3v) is 2.46. The van der Waals surface area contributed by atoms with Gasteiger partial charge in [-0.2, -0.15) is 13.2 Å². The monoisotopic (exact) mass is 227 g/mol. The average molecular weight is 227 g/mol. The lowest BCUT2D eigenvalue weighted by atomic mass is 9.95. The molecule has 0 aliphatic carbocycles. The van der Waals surface area contributed by atoms with Crippen molar-refractivity contribution in [2.45, 2.75) is 25.4 Å². The zero-order valence-corrected chi connectivity index (χ0v) is 9.14. The lowest BCUT2D eigenvalue weighted by Crippen LogP contribution is -2.07. The van der Waals surface area contributed by atoms with Crippen LogP contribution >= 0.6 is 0 Å². The second kappa shape index (κ2) is 4.73. The smallest absolute Gasteiger partial charge is 0.166 e. The van der Waals surface area contributed by atoms with Crippen LogP contribution in [0.25, 0.3) is 0 Å². The Hall–Kier alpha value is -1.25. The van der Waals surface area contributed by atoms with E-state index in [1.54, 1.807) is 6.07 Å². The standard InChI is InChI=1S/C13H14F3/c1-4-9(3)11-6-10(5-2)7-12(8-11)13(14,15)16/h4,6-9H,1,3,5H2,2H3. The predicted molar refractivity (Wildman–Crippen MR) is 59.1 cm³/mol. The van der Waals surface area contributed by atoms with Gasteiger partial charge in [-0.15, -0.1) is 6.58 Å². The number of hydrogen-bond donors (Lipinski definition) is 0. The van der Waals surface area contributed by atoms with E-state index in [-0.39, 0.29) is 5.92 Å². The molecule has 0 bridgehead atoms. The lowest BCUT2D eigenvalue weighted by molar-refractivity contribution is -0.137. The normalized spacial score (nSPS) is 13.6. The Morgan fingerprint density at radius 3 is 2.38 bits per heavy atom. The summed E-state index contributed by atoms with van der Waals surface area (Å²) in [5.74, 6) is -0.312. The van der Waals surface area contributed by atoms with Crippen LogP contribution in [0.4, 0.5) is 13.2 Å². The van der Waals surface area contributed by atoms with Gasteiger partial charge in [-0.25, -0.2) is 0 Å². The lowest BCUT2D eigenvalue weighted by Gasteiger charge is -2.13. The van der Waals surface area contributed by atoms with Crippen LogP contribution in [0.1, 0.15) is 29.5 Å². The summed E-state index contributed by atoms with van der Waals surface area (Å²) >= 11 is 0. The van der Waals surface area contributed by atoms with E-state index in [4.69, 9.17) is 0 Å². The summed E-state index contributed by atoms with van der Waals surface area (Å²) in [5.41, 5.74) is 0.611. The van der Waals surface area contributed by atoms with E-state index < -0.39 is 11.7 Å².